The first kappa shape index (κ1) is 14.1. The van der Waals surface area contributed by atoms with Crippen LogP contribution in [0.5, 0.6) is 23.0 Å². The highest BCUT2D eigenvalue weighted by molar-refractivity contribution is 5.34. The highest BCUT2D eigenvalue weighted by Gasteiger charge is 2.32. The fourth-order valence-corrected chi connectivity index (χ4v) is 2.18. The Bertz CT molecular complexity index is 637. The summed E-state index contributed by atoms with van der Waals surface area (Å²) in [7, 11) is 0. The van der Waals surface area contributed by atoms with Crippen molar-refractivity contribution in [1.29, 1.82) is 0 Å². The van der Waals surface area contributed by atoms with E-state index in [4.69, 9.17) is 9.47 Å². The average Bonchev–Trinajstić information content (AvgIpc) is 2.53. The van der Waals surface area contributed by atoms with Crippen LogP contribution in [0, 0.1) is 0 Å². The molecule has 0 aliphatic heterocycles. The van der Waals surface area contributed by atoms with Crippen LogP contribution < -0.4 is 9.47 Å². The normalized spacial score (nSPS) is 15.5. The minimum absolute atomic E-state index is 0.180. The monoisotopic (exact) mass is 296 g/mol. The van der Waals surface area contributed by atoms with Gasteiger partial charge >= 0.3 is 0 Å². The maximum atomic E-state index is 9.35. The zero-order valence-corrected chi connectivity index (χ0v) is 11.8. The maximum Gasteiger partial charge on any atom is 0.274 e. The quantitative estimate of drug-likeness (QED) is 0.843. The summed E-state index contributed by atoms with van der Waals surface area (Å²) in [5.74, 6) is 0.593. The number of rotatable bonds is 4. The van der Waals surface area contributed by atoms with Gasteiger partial charge in [0.2, 0.25) is 0 Å². The van der Waals surface area contributed by atoms with Crippen molar-refractivity contribution >= 4 is 0 Å². The van der Waals surface area contributed by atoms with Crippen molar-refractivity contribution in [3.63, 3.8) is 0 Å². The Morgan fingerprint density at radius 2 is 1.23 bits per heavy atom. The molecule has 2 aromatic rings. The fraction of sp³-hybridized carbons (Fsp3) is 0.111. The molecule has 0 aromatic heterocycles. The van der Waals surface area contributed by atoms with Crippen LogP contribution in [-0.2, 0) is 0 Å². The Morgan fingerprint density at radius 3 is 1.64 bits per heavy atom. The van der Waals surface area contributed by atoms with Crippen molar-refractivity contribution < 1.29 is 19.7 Å². The molecule has 0 amide bonds. The third-order valence-electron chi connectivity index (χ3n) is 3.25. The van der Waals surface area contributed by atoms with E-state index in [9.17, 15) is 10.2 Å². The zero-order valence-electron chi connectivity index (χ0n) is 11.8. The number of phenols is 2. The molecule has 0 saturated carbocycles. The highest BCUT2D eigenvalue weighted by Crippen LogP contribution is 2.30. The summed E-state index contributed by atoms with van der Waals surface area (Å²) in [5.41, 5.74) is 0. The fourth-order valence-electron chi connectivity index (χ4n) is 2.18. The first-order valence-corrected chi connectivity index (χ1v) is 6.96. The van der Waals surface area contributed by atoms with Gasteiger partial charge in [-0.3, -0.25) is 0 Å². The summed E-state index contributed by atoms with van der Waals surface area (Å²) in [6.45, 7) is 0. The Morgan fingerprint density at radius 1 is 0.727 bits per heavy atom. The van der Waals surface area contributed by atoms with Gasteiger partial charge in [0, 0.05) is 6.42 Å². The van der Waals surface area contributed by atoms with E-state index in [1.807, 2.05) is 24.3 Å². The van der Waals surface area contributed by atoms with E-state index in [0.717, 1.165) is 0 Å². The molecule has 2 N–H and O–H groups in total. The Labute approximate surface area is 128 Å². The van der Waals surface area contributed by atoms with E-state index < -0.39 is 5.79 Å². The van der Waals surface area contributed by atoms with E-state index >= 15 is 0 Å². The molecule has 0 saturated heterocycles. The second kappa shape index (κ2) is 5.85. The van der Waals surface area contributed by atoms with Gasteiger partial charge in [0.25, 0.3) is 5.79 Å². The van der Waals surface area contributed by atoms with Gasteiger partial charge in [-0.05, 0) is 54.6 Å². The minimum atomic E-state index is -0.956. The maximum absolute atomic E-state index is 9.35. The number of hydrogen-bond donors (Lipinski definition) is 2. The van der Waals surface area contributed by atoms with Crippen LogP contribution in [-0.4, -0.2) is 16.0 Å². The van der Waals surface area contributed by atoms with Crippen molar-refractivity contribution in [2.75, 3.05) is 0 Å². The molecule has 22 heavy (non-hydrogen) atoms. The van der Waals surface area contributed by atoms with Crippen LogP contribution in [0.2, 0.25) is 0 Å². The Balaban J connectivity index is 1.84. The van der Waals surface area contributed by atoms with Crippen molar-refractivity contribution in [1.82, 2.24) is 0 Å². The average molecular weight is 296 g/mol. The zero-order chi connectivity index (χ0) is 15.4. The Hall–Kier alpha value is -2.88. The molecular weight excluding hydrogens is 280 g/mol. The lowest BCUT2D eigenvalue weighted by Crippen LogP contribution is -2.40. The van der Waals surface area contributed by atoms with E-state index in [1.54, 1.807) is 48.5 Å². The molecule has 0 heterocycles. The standard InChI is InChI=1S/C18H16O4/c19-14-4-8-16(9-5-14)21-18(12-2-1-3-13-18)22-17-10-6-15(20)7-11-17/h1-12,19-20H,13H2. The Kier molecular flexibility index (Phi) is 3.74. The van der Waals surface area contributed by atoms with Crippen LogP contribution in [0.15, 0.2) is 72.8 Å². The van der Waals surface area contributed by atoms with Gasteiger partial charge in [0.1, 0.15) is 23.0 Å². The van der Waals surface area contributed by atoms with Gasteiger partial charge in [0.15, 0.2) is 0 Å². The van der Waals surface area contributed by atoms with Crippen LogP contribution in [0.4, 0.5) is 0 Å². The van der Waals surface area contributed by atoms with Crippen LogP contribution >= 0.6 is 0 Å². The summed E-state index contributed by atoms with van der Waals surface area (Å²) in [6, 6.07) is 13.0. The molecule has 4 nitrogen and oxygen atoms in total. The largest absolute Gasteiger partial charge is 0.508 e. The second-order valence-electron chi connectivity index (χ2n) is 5.00. The lowest BCUT2D eigenvalue weighted by atomic mass is 10.1. The molecule has 0 bridgehead atoms. The summed E-state index contributed by atoms with van der Waals surface area (Å²) < 4.78 is 12.0. The van der Waals surface area contributed by atoms with Crippen molar-refractivity contribution in [2.45, 2.75) is 12.2 Å². The molecule has 0 fully saturated rings. The number of hydrogen-bond acceptors (Lipinski definition) is 4. The van der Waals surface area contributed by atoms with Gasteiger partial charge in [0.05, 0.1) is 0 Å². The molecule has 112 valence electrons. The molecule has 0 unspecified atom stereocenters. The molecule has 2 aromatic carbocycles. The number of phenolic OH excluding ortho intramolecular Hbond substituents is 2. The summed E-state index contributed by atoms with van der Waals surface area (Å²) in [5, 5.41) is 18.7. The SMILES string of the molecule is Oc1ccc(OC2(Oc3ccc(O)cc3)C=CC=CC2)cc1. The first-order valence-electron chi connectivity index (χ1n) is 6.96. The van der Waals surface area contributed by atoms with Crippen LogP contribution in [0.25, 0.3) is 0 Å². The highest BCUT2D eigenvalue weighted by atomic mass is 16.7. The first-order chi connectivity index (χ1) is 10.7. The number of benzene rings is 2. The molecule has 1 aliphatic carbocycles. The summed E-state index contributed by atoms with van der Waals surface area (Å²) in [6.07, 6.45) is 8.14. The molecule has 0 atom stereocenters. The molecule has 0 radical (unpaired) electrons. The van der Waals surface area contributed by atoms with Crippen LogP contribution in [0.3, 0.4) is 0 Å². The summed E-state index contributed by atoms with van der Waals surface area (Å²) in [4.78, 5) is 0. The smallest absolute Gasteiger partial charge is 0.274 e. The van der Waals surface area contributed by atoms with E-state index in [-0.39, 0.29) is 11.5 Å². The van der Waals surface area contributed by atoms with Gasteiger partial charge in [-0.15, -0.1) is 0 Å². The van der Waals surface area contributed by atoms with Crippen molar-refractivity contribution in [3.8, 4) is 23.0 Å². The second-order valence-corrected chi connectivity index (χ2v) is 5.00. The topological polar surface area (TPSA) is 58.9 Å². The third kappa shape index (κ3) is 3.23. The van der Waals surface area contributed by atoms with Crippen molar-refractivity contribution in [2.24, 2.45) is 0 Å². The van der Waals surface area contributed by atoms with Crippen LogP contribution in [0.1, 0.15) is 6.42 Å². The molecule has 3 rings (SSSR count). The minimum Gasteiger partial charge on any atom is -0.508 e. The molecular formula is C18H16O4. The molecule has 1 aliphatic rings. The van der Waals surface area contributed by atoms with Crippen molar-refractivity contribution in [3.05, 3.63) is 72.8 Å². The van der Waals surface area contributed by atoms with E-state index in [1.165, 1.54) is 0 Å². The van der Waals surface area contributed by atoms with Gasteiger partial charge in [-0.25, -0.2) is 0 Å². The predicted molar refractivity (Wildman–Crippen MR) is 83.1 cm³/mol. The predicted octanol–water partition coefficient (Wildman–Crippen LogP) is 3.77. The van der Waals surface area contributed by atoms with E-state index in [0.29, 0.717) is 17.9 Å². The van der Waals surface area contributed by atoms with E-state index in [2.05, 4.69) is 0 Å². The number of allylic oxidation sites excluding steroid dienone is 2. The number of aromatic hydroxyl groups is 2. The third-order valence-corrected chi connectivity index (χ3v) is 3.25. The van der Waals surface area contributed by atoms with Gasteiger partial charge < -0.3 is 19.7 Å². The lowest BCUT2D eigenvalue weighted by molar-refractivity contribution is -0.0688. The molecule has 0 spiro atoms. The number of ether oxygens (including phenoxy) is 2. The molecule has 4 heteroatoms. The van der Waals surface area contributed by atoms with Gasteiger partial charge in [-0.2, -0.15) is 0 Å². The van der Waals surface area contributed by atoms with Gasteiger partial charge in [-0.1, -0.05) is 18.2 Å². The summed E-state index contributed by atoms with van der Waals surface area (Å²) >= 11 is 0. The lowest BCUT2D eigenvalue weighted by Gasteiger charge is -2.32.